The predicted octanol–water partition coefficient (Wildman–Crippen LogP) is -0.291. The fourth-order valence-electron chi connectivity index (χ4n) is 4.03. The predicted molar refractivity (Wildman–Crippen MR) is 116 cm³/mol. The van der Waals surface area contributed by atoms with Gasteiger partial charge in [-0.25, -0.2) is 9.78 Å². The lowest BCUT2D eigenvalue weighted by atomic mass is 10.2. The highest BCUT2D eigenvalue weighted by atomic mass is 16.3. The van der Waals surface area contributed by atoms with Crippen molar-refractivity contribution in [1.82, 2.24) is 28.5 Å². The van der Waals surface area contributed by atoms with Gasteiger partial charge in [-0.1, -0.05) is 30.3 Å². The second-order valence-electron chi connectivity index (χ2n) is 8.05. The molecule has 3 aromatic rings. The number of β-amino-alcohol motifs (C(OH)–C–C–N with tert-alkyl or cyclic N) is 1. The maximum absolute atomic E-state index is 13.0. The van der Waals surface area contributed by atoms with Gasteiger partial charge in [-0.15, -0.1) is 0 Å². The summed E-state index contributed by atoms with van der Waals surface area (Å²) in [5, 5.41) is 10.9. The zero-order chi connectivity index (χ0) is 21.4. The van der Waals surface area contributed by atoms with E-state index >= 15 is 0 Å². The van der Waals surface area contributed by atoms with Crippen molar-refractivity contribution < 1.29 is 5.11 Å². The summed E-state index contributed by atoms with van der Waals surface area (Å²) in [5.74, 6) is 0.571. The van der Waals surface area contributed by atoms with Crippen LogP contribution in [0.3, 0.4) is 0 Å². The third-order valence-electron chi connectivity index (χ3n) is 5.84. The Balaban J connectivity index is 1.77. The van der Waals surface area contributed by atoms with E-state index in [0.29, 0.717) is 23.5 Å². The smallest absolute Gasteiger partial charge is 0.332 e. The summed E-state index contributed by atoms with van der Waals surface area (Å²) in [6, 6.07) is 9.53. The fourth-order valence-corrected chi connectivity index (χ4v) is 4.03. The lowest BCUT2D eigenvalue weighted by Gasteiger charge is -2.33. The average Bonchev–Trinajstić information content (AvgIpc) is 3.12. The summed E-state index contributed by atoms with van der Waals surface area (Å²) in [6.45, 7) is 4.49. The minimum atomic E-state index is -0.671. The first-order valence-corrected chi connectivity index (χ1v) is 10.2. The number of nitrogens with zero attached hydrogens (tertiary/aromatic N) is 6. The molecule has 160 valence electrons. The molecule has 1 saturated heterocycles. The number of benzene rings is 1. The van der Waals surface area contributed by atoms with Gasteiger partial charge in [0.25, 0.3) is 5.56 Å². The number of fused-ring (bicyclic) bond motifs is 1. The van der Waals surface area contributed by atoms with Gasteiger partial charge in [-0.2, -0.15) is 0 Å². The molecule has 1 aliphatic heterocycles. The van der Waals surface area contributed by atoms with Gasteiger partial charge in [0.05, 0.1) is 12.6 Å². The summed E-state index contributed by atoms with van der Waals surface area (Å²) in [6.07, 6.45) is -0.671. The van der Waals surface area contributed by atoms with Crippen molar-refractivity contribution in [2.45, 2.75) is 12.6 Å². The Morgan fingerprint density at radius 3 is 2.30 bits per heavy atom. The number of aryl methyl sites for hydroxylation is 1. The summed E-state index contributed by atoms with van der Waals surface area (Å²) >= 11 is 0. The van der Waals surface area contributed by atoms with Crippen LogP contribution in [0.15, 0.2) is 39.9 Å². The Morgan fingerprint density at radius 2 is 1.63 bits per heavy atom. The van der Waals surface area contributed by atoms with E-state index < -0.39 is 17.4 Å². The van der Waals surface area contributed by atoms with E-state index in [1.165, 1.54) is 11.6 Å². The second-order valence-corrected chi connectivity index (χ2v) is 8.05. The highest BCUT2D eigenvalue weighted by Gasteiger charge is 2.23. The molecule has 30 heavy (non-hydrogen) atoms. The van der Waals surface area contributed by atoms with Crippen molar-refractivity contribution in [2.24, 2.45) is 14.1 Å². The molecule has 0 spiro atoms. The van der Waals surface area contributed by atoms with Crippen LogP contribution in [-0.2, 0) is 20.6 Å². The molecule has 4 rings (SSSR count). The molecule has 1 atom stereocenters. The Kier molecular flexibility index (Phi) is 5.59. The van der Waals surface area contributed by atoms with Crippen LogP contribution in [0.1, 0.15) is 0 Å². The number of aromatic nitrogens is 4. The molecule has 0 amide bonds. The lowest BCUT2D eigenvalue weighted by molar-refractivity contribution is 0.0719. The average molecular weight is 412 g/mol. The number of rotatable bonds is 5. The molecular formula is C21H28N6O3. The number of aliphatic hydroxyl groups is 1. The summed E-state index contributed by atoms with van der Waals surface area (Å²) in [4.78, 5) is 34.5. The number of likely N-dealkylation sites (N-methyl/N-ethyl adjacent to an activating group) is 1. The largest absolute Gasteiger partial charge is 0.390 e. The molecule has 1 aliphatic rings. The van der Waals surface area contributed by atoms with Gasteiger partial charge in [-0.3, -0.25) is 18.8 Å². The van der Waals surface area contributed by atoms with Gasteiger partial charge in [0.2, 0.25) is 0 Å². The topological polar surface area (TPSA) is 88.5 Å². The fraction of sp³-hybridized carbons (Fsp3) is 0.476. The van der Waals surface area contributed by atoms with Crippen LogP contribution in [0.25, 0.3) is 22.6 Å². The summed E-state index contributed by atoms with van der Waals surface area (Å²) in [5.41, 5.74) is 0.656. The molecule has 0 radical (unpaired) electrons. The van der Waals surface area contributed by atoms with Crippen molar-refractivity contribution in [1.29, 1.82) is 0 Å². The van der Waals surface area contributed by atoms with E-state index in [1.807, 2.05) is 30.3 Å². The van der Waals surface area contributed by atoms with Crippen LogP contribution in [0.5, 0.6) is 0 Å². The van der Waals surface area contributed by atoms with Gasteiger partial charge >= 0.3 is 5.69 Å². The molecular weight excluding hydrogens is 384 g/mol. The van der Waals surface area contributed by atoms with Crippen molar-refractivity contribution in [3.63, 3.8) is 0 Å². The molecule has 0 aliphatic carbocycles. The number of piperazine rings is 1. The SMILES string of the molecule is CN1CCN(C[C@@H](O)Cn2c(-c3ccccc3)nc3c2c(=O)n(C)c(=O)n3C)CC1. The highest BCUT2D eigenvalue weighted by molar-refractivity contribution is 5.77. The zero-order valence-electron chi connectivity index (χ0n) is 17.7. The third-order valence-corrected chi connectivity index (χ3v) is 5.84. The molecule has 3 heterocycles. The molecule has 2 aromatic heterocycles. The van der Waals surface area contributed by atoms with Gasteiger partial charge < -0.3 is 14.6 Å². The first kappa shape index (κ1) is 20.5. The van der Waals surface area contributed by atoms with E-state index in [9.17, 15) is 14.7 Å². The Labute approximate surface area is 174 Å². The van der Waals surface area contributed by atoms with Crippen molar-refractivity contribution in [3.05, 3.63) is 51.2 Å². The van der Waals surface area contributed by atoms with Crippen molar-refractivity contribution >= 4 is 11.2 Å². The first-order valence-electron chi connectivity index (χ1n) is 10.2. The minimum absolute atomic E-state index is 0.223. The number of hydrogen-bond acceptors (Lipinski definition) is 6. The van der Waals surface area contributed by atoms with E-state index in [1.54, 1.807) is 11.6 Å². The standard InChI is InChI=1S/C21H28N6O3/c1-23-9-11-26(12-10-23)13-16(28)14-27-17-19(24(2)21(30)25(3)20(17)29)22-18(27)15-7-5-4-6-8-15/h4-8,16,28H,9-14H2,1-3H3/t16-/m1/s1. The van der Waals surface area contributed by atoms with Crippen molar-refractivity contribution in [3.8, 4) is 11.4 Å². The molecule has 0 bridgehead atoms. The van der Waals surface area contributed by atoms with Gasteiger partial charge in [-0.05, 0) is 7.05 Å². The molecule has 0 unspecified atom stereocenters. The number of aliphatic hydroxyl groups excluding tert-OH is 1. The minimum Gasteiger partial charge on any atom is -0.390 e. The molecule has 9 nitrogen and oxygen atoms in total. The van der Waals surface area contributed by atoms with Crippen LogP contribution >= 0.6 is 0 Å². The number of hydrogen-bond donors (Lipinski definition) is 1. The van der Waals surface area contributed by atoms with Crippen LogP contribution in [0.2, 0.25) is 0 Å². The normalized spacial score (nSPS) is 16.9. The van der Waals surface area contributed by atoms with Crippen molar-refractivity contribution in [2.75, 3.05) is 39.8 Å². The maximum atomic E-state index is 13.0. The third kappa shape index (κ3) is 3.71. The van der Waals surface area contributed by atoms with Gasteiger partial charge in [0.15, 0.2) is 11.2 Å². The van der Waals surface area contributed by atoms with Gasteiger partial charge in [0.1, 0.15) is 5.82 Å². The van der Waals surface area contributed by atoms with E-state index in [-0.39, 0.29) is 6.54 Å². The molecule has 0 saturated carbocycles. The molecule has 1 fully saturated rings. The molecule has 1 N–H and O–H groups in total. The first-order chi connectivity index (χ1) is 14.4. The lowest BCUT2D eigenvalue weighted by Crippen LogP contribution is -2.47. The molecule has 9 heteroatoms. The van der Waals surface area contributed by atoms with Crippen LogP contribution < -0.4 is 11.2 Å². The van der Waals surface area contributed by atoms with E-state index in [2.05, 4.69) is 21.8 Å². The monoisotopic (exact) mass is 412 g/mol. The van der Waals surface area contributed by atoms with E-state index in [4.69, 9.17) is 0 Å². The Bertz CT molecular complexity index is 1160. The second kappa shape index (κ2) is 8.17. The van der Waals surface area contributed by atoms with Crippen LogP contribution in [0, 0.1) is 0 Å². The van der Waals surface area contributed by atoms with Crippen LogP contribution in [0.4, 0.5) is 0 Å². The Morgan fingerprint density at radius 1 is 0.967 bits per heavy atom. The zero-order valence-corrected chi connectivity index (χ0v) is 17.7. The summed E-state index contributed by atoms with van der Waals surface area (Å²) < 4.78 is 4.22. The van der Waals surface area contributed by atoms with Crippen LogP contribution in [-0.4, -0.2) is 79.5 Å². The van der Waals surface area contributed by atoms with Gasteiger partial charge in [0, 0.05) is 52.4 Å². The number of imidazole rings is 1. The highest BCUT2D eigenvalue weighted by Crippen LogP contribution is 2.23. The van der Waals surface area contributed by atoms with E-state index in [0.717, 1.165) is 36.3 Å². The Hall–Kier alpha value is -2.75. The maximum Gasteiger partial charge on any atom is 0.332 e. The summed E-state index contributed by atoms with van der Waals surface area (Å²) in [7, 11) is 5.17. The quantitative estimate of drug-likeness (QED) is 0.620. The molecule has 1 aromatic carbocycles.